The third-order valence-corrected chi connectivity index (χ3v) is 6.07. The lowest BCUT2D eigenvalue weighted by Gasteiger charge is -2.23. The highest BCUT2D eigenvalue weighted by Crippen LogP contribution is 2.41. The van der Waals surface area contributed by atoms with Gasteiger partial charge in [0.1, 0.15) is 11.6 Å². The summed E-state index contributed by atoms with van der Waals surface area (Å²) < 4.78 is 26.8. The number of rotatable bonds is 6. The molecule has 0 radical (unpaired) electrons. The molecular weight excluding hydrogens is 438 g/mol. The van der Waals surface area contributed by atoms with Gasteiger partial charge in [0.15, 0.2) is 5.78 Å². The van der Waals surface area contributed by atoms with E-state index in [9.17, 15) is 23.2 Å². The van der Waals surface area contributed by atoms with E-state index in [-0.39, 0.29) is 30.1 Å². The highest BCUT2D eigenvalue weighted by atomic mass is 19.1. The second-order valence-electron chi connectivity index (χ2n) is 8.47. The summed E-state index contributed by atoms with van der Waals surface area (Å²) in [4.78, 5) is 40.4. The number of likely N-dealkylation sites (N-methyl/N-ethyl adjacent to an activating group) is 1. The Hall–Kier alpha value is -3.87. The van der Waals surface area contributed by atoms with Crippen LogP contribution in [0, 0.1) is 11.6 Å². The van der Waals surface area contributed by atoms with Crippen LogP contribution in [0.5, 0.6) is 0 Å². The molecule has 0 saturated heterocycles. The summed E-state index contributed by atoms with van der Waals surface area (Å²) in [5, 5.41) is 2.58. The summed E-state index contributed by atoms with van der Waals surface area (Å²) in [6.07, 6.45) is -0.361. The fraction of sp³-hybridized carbons (Fsp3) is 0.222. The zero-order chi connectivity index (χ0) is 24.4. The van der Waals surface area contributed by atoms with Gasteiger partial charge in [-0.2, -0.15) is 0 Å². The van der Waals surface area contributed by atoms with Gasteiger partial charge in [0.2, 0.25) is 11.8 Å². The van der Waals surface area contributed by atoms with E-state index in [1.165, 1.54) is 6.92 Å². The maximum absolute atomic E-state index is 13.4. The molecule has 2 amide bonds. The number of nitrogens with one attached hydrogen (secondary N) is 1. The van der Waals surface area contributed by atoms with Crippen LogP contribution in [0.4, 0.5) is 14.5 Å². The van der Waals surface area contributed by atoms with Crippen LogP contribution >= 0.6 is 0 Å². The number of para-hydroxylation sites is 1. The van der Waals surface area contributed by atoms with Crippen LogP contribution in [-0.2, 0) is 20.8 Å². The number of hydrogen-bond acceptors (Lipinski definition) is 3. The predicted molar refractivity (Wildman–Crippen MR) is 125 cm³/mol. The number of ketones is 1. The van der Waals surface area contributed by atoms with Crippen LogP contribution in [0.15, 0.2) is 66.7 Å². The molecule has 0 fully saturated rings. The van der Waals surface area contributed by atoms with Crippen molar-refractivity contribution in [2.45, 2.75) is 31.7 Å². The lowest BCUT2D eigenvalue weighted by atomic mass is 9.87. The van der Waals surface area contributed by atoms with Crippen molar-refractivity contribution in [1.82, 2.24) is 5.32 Å². The molecule has 0 saturated carbocycles. The average molecular weight is 462 g/mol. The summed E-state index contributed by atoms with van der Waals surface area (Å²) in [5.41, 5.74) is 3.48. The Morgan fingerprint density at radius 2 is 1.59 bits per heavy atom. The Kier molecular flexibility index (Phi) is 6.54. The molecule has 1 N–H and O–H groups in total. The van der Waals surface area contributed by atoms with Crippen LogP contribution in [0.25, 0.3) is 11.1 Å². The van der Waals surface area contributed by atoms with Gasteiger partial charge in [0, 0.05) is 25.1 Å². The minimum atomic E-state index is -0.873. The molecule has 4 rings (SSSR count). The van der Waals surface area contributed by atoms with E-state index in [4.69, 9.17) is 0 Å². The number of hydrogen-bond donors (Lipinski definition) is 1. The fourth-order valence-corrected chi connectivity index (χ4v) is 4.37. The summed E-state index contributed by atoms with van der Waals surface area (Å²) in [6.45, 7) is 1.54. The maximum atomic E-state index is 13.4. The summed E-state index contributed by atoms with van der Waals surface area (Å²) in [7, 11) is 1.69. The van der Waals surface area contributed by atoms with Crippen LogP contribution in [0.2, 0.25) is 0 Å². The second-order valence-corrected chi connectivity index (χ2v) is 8.47. The van der Waals surface area contributed by atoms with Crippen molar-refractivity contribution in [3.05, 3.63) is 89.5 Å². The Labute approximate surface area is 196 Å². The largest absolute Gasteiger partial charge is 0.346 e. The molecule has 0 spiro atoms. The van der Waals surface area contributed by atoms with Gasteiger partial charge in [0.25, 0.3) is 0 Å². The number of fused-ring (bicyclic) bond motifs is 3. The number of halogens is 2. The van der Waals surface area contributed by atoms with Gasteiger partial charge in [-0.1, -0.05) is 42.5 Å². The van der Waals surface area contributed by atoms with Gasteiger partial charge < -0.3 is 10.2 Å². The summed E-state index contributed by atoms with van der Waals surface area (Å²) in [6, 6.07) is 17.1. The summed E-state index contributed by atoms with van der Waals surface area (Å²) in [5.74, 6) is -3.32. The van der Waals surface area contributed by atoms with E-state index in [2.05, 4.69) is 5.32 Å². The standard InChI is InChI=1S/C27H24F2N2O3/c1-16(30-26(33)13-17-11-18(28)14-19(29)12-17)25(32)15-23-21-8-4-3-7-20(21)22-9-5-6-10-24(22)31(2)27(23)34/h3-12,14,16,23H,13,15H2,1-2H3,(H,30,33)/t16-,23-/m0/s1. The van der Waals surface area contributed by atoms with Crippen LogP contribution < -0.4 is 10.2 Å². The number of nitrogens with zero attached hydrogens (tertiary/aromatic N) is 1. The molecule has 0 aliphatic carbocycles. The molecule has 5 nitrogen and oxygen atoms in total. The van der Waals surface area contributed by atoms with Crippen molar-refractivity contribution in [2.24, 2.45) is 0 Å². The number of Topliss-reactive ketones (excluding diaryl/α,β-unsaturated/α-hetero) is 1. The minimum absolute atomic E-state index is 0.0930. The molecule has 3 aromatic carbocycles. The zero-order valence-electron chi connectivity index (χ0n) is 18.8. The molecule has 2 atom stereocenters. The smallest absolute Gasteiger partial charge is 0.234 e. The summed E-state index contributed by atoms with van der Waals surface area (Å²) >= 11 is 0. The molecule has 1 aliphatic rings. The molecule has 0 bridgehead atoms. The Morgan fingerprint density at radius 1 is 0.971 bits per heavy atom. The zero-order valence-corrected chi connectivity index (χ0v) is 18.8. The van der Waals surface area contributed by atoms with Crippen molar-refractivity contribution in [1.29, 1.82) is 0 Å². The quantitative estimate of drug-likeness (QED) is 0.591. The molecule has 7 heteroatoms. The van der Waals surface area contributed by atoms with Crippen LogP contribution in [0.3, 0.4) is 0 Å². The normalized spacial score (nSPS) is 15.7. The molecule has 174 valence electrons. The number of benzene rings is 3. The van der Waals surface area contributed by atoms with Crippen molar-refractivity contribution in [3.63, 3.8) is 0 Å². The van der Waals surface area contributed by atoms with Crippen LogP contribution in [-0.4, -0.2) is 30.7 Å². The predicted octanol–water partition coefficient (Wildman–Crippen LogP) is 4.40. The molecule has 1 aliphatic heterocycles. The number of carbonyl (C=O) groups is 3. The minimum Gasteiger partial charge on any atom is -0.346 e. The maximum Gasteiger partial charge on any atom is 0.234 e. The molecule has 34 heavy (non-hydrogen) atoms. The van der Waals surface area contributed by atoms with E-state index in [0.717, 1.165) is 40.6 Å². The van der Waals surface area contributed by atoms with Crippen LogP contribution in [0.1, 0.15) is 30.4 Å². The van der Waals surface area contributed by atoms with Crippen molar-refractivity contribution in [3.8, 4) is 11.1 Å². The van der Waals surface area contributed by atoms with Crippen molar-refractivity contribution in [2.75, 3.05) is 11.9 Å². The number of amides is 2. The first-order valence-electron chi connectivity index (χ1n) is 11.0. The van der Waals surface area contributed by atoms with E-state index < -0.39 is 29.5 Å². The SMILES string of the molecule is C[C@H](NC(=O)Cc1cc(F)cc(F)c1)C(=O)C[C@@H]1C(=O)N(C)c2ccccc2-c2ccccc21. The van der Waals surface area contributed by atoms with Gasteiger partial charge >= 0.3 is 0 Å². The van der Waals surface area contributed by atoms with E-state index >= 15 is 0 Å². The van der Waals surface area contributed by atoms with Gasteiger partial charge in [-0.05, 0) is 41.8 Å². The monoisotopic (exact) mass is 462 g/mol. The Balaban J connectivity index is 1.52. The van der Waals surface area contributed by atoms with Crippen molar-refractivity contribution < 1.29 is 23.2 Å². The Bertz CT molecular complexity index is 1250. The molecule has 0 aromatic heterocycles. The first-order valence-corrected chi connectivity index (χ1v) is 11.0. The third-order valence-electron chi connectivity index (χ3n) is 6.07. The first kappa shape index (κ1) is 23.3. The lowest BCUT2D eigenvalue weighted by molar-refractivity contribution is -0.128. The van der Waals surface area contributed by atoms with Gasteiger partial charge in [0.05, 0.1) is 24.1 Å². The van der Waals surface area contributed by atoms with Gasteiger partial charge in [-0.15, -0.1) is 0 Å². The Morgan fingerprint density at radius 3 is 2.29 bits per heavy atom. The third kappa shape index (κ3) is 4.73. The second kappa shape index (κ2) is 9.55. The topological polar surface area (TPSA) is 66.5 Å². The number of anilines is 1. The molecule has 0 unspecified atom stereocenters. The molecule has 3 aromatic rings. The molecule has 1 heterocycles. The van der Waals surface area contributed by atoms with Gasteiger partial charge in [-0.3, -0.25) is 14.4 Å². The van der Waals surface area contributed by atoms with Crippen molar-refractivity contribution >= 4 is 23.3 Å². The van der Waals surface area contributed by atoms with E-state index in [0.29, 0.717) is 0 Å². The average Bonchev–Trinajstić information content (AvgIpc) is 2.88. The fourth-order valence-electron chi connectivity index (χ4n) is 4.37. The highest BCUT2D eigenvalue weighted by molar-refractivity contribution is 6.07. The number of carbonyl (C=O) groups excluding carboxylic acids is 3. The van der Waals surface area contributed by atoms with E-state index in [1.807, 2.05) is 48.5 Å². The lowest BCUT2D eigenvalue weighted by Crippen LogP contribution is -2.41. The first-order chi connectivity index (χ1) is 16.2. The molecular formula is C27H24F2N2O3. The highest BCUT2D eigenvalue weighted by Gasteiger charge is 2.34. The van der Waals surface area contributed by atoms with Gasteiger partial charge in [-0.25, -0.2) is 8.78 Å². The van der Waals surface area contributed by atoms with E-state index in [1.54, 1.807) is 11.9 Å².